The fraction of sp³-hybridized carbons (Fsp3) is 0.400. The molecular weight excluding hydrogens is 198 g/mol. The van der Waals surface area contributed by atoms with Crippen molar-refractivity contribution in [1.82, 2.24) is 0 Å². The number of aliphatic hydroxyl groups excluding tert-OH is 1. The second-order valence-corrected chi connectivity index (χ2v) is 4.11. The lowest BCUT2D eigenvalue weighted by Gasteiger charge is -2.16. The molecule has 0 aliphatic heterocycles. The second kappa shape index (κ2) is 4.68. The summed E-state index contributed by atoms with van der Waals surface area (Å²) in [5.74, 6) is 0.0904. The van der Waals surface area contributed by atoms with Crippen LogP contribution >= 0.6 is 11.8 Å². The molecule has 0 fully saturated rings. The Hall–Kier alpha value is -0.710. The summed E-state index contributed by atoms with van der Waals surface area (Å²) >= 11 is 1.56. The topological polar surface area (TPSA) is 66.5 Å². The third kappa shape index (κ3) is 2.41. The molecular formula is C10H15NO2S. The van der Waals surface area contributed by atoms with Crippen LogP contribution in [0.3, 0.4) is 0 Å². The summed E-state index contributed by atoms with van der Waals surface area (Å²) in [5, 5.41) is 19.2. The molecule has 0 aliphatic carbocycles. The van der Waals surface area contributed by atoms with Crippen LogP contribution in [0.1, 0.15) is 18.6 Å². The number of rotatable bonds is 3. The van der Waals surface area contributed by atoms with Crippen molar-refractivity contribution in [1.29, 1.82) is 0 Å². The minimum absolute atomic E-state index is 0.0904. The number of aromatic hydroxyl groups is 1. The Kier molecular flexibility index (Phi) is 3.80. The zero-order valence-corrected chi connectivity index (χ0v) is 9.08. The van der Waals surface area contributed by atoms with Crippen molar-refractivity contribution in [2.45, 2.75) is 24.0 Å². The lowest BCUT2D eigenvalue weighted by molar-refractivity contribution is 0.149. The molecule has 0 aromatic heterocycles. The van der Waals surface area contributed by atoms with Crippen molar-refractivity contribution in [2.75, 3.05) is 6.26 Å². The second-order valence-electron chi connectivity index (χ2n) is 3.23. The van der Waals surface area contributed by atoms with Crippen molar-refractivity contribution >= 4 is 11.8 Å². The minimum Gasteiger partial charge on any atom is -0.508 e. The summed E-state index contributed by atoms with van der Waals surface area (Å²) in [6.07, 6.45) is 1.12. The van der Waals surface area contributed by atoms with E-state index in [2.05, 4.69) is 0 Å². The third-order valence-electron chi connectivity index (χ3n) is 2.05. The average molecular weight is 213 g/mol. The van der Waals surface area contributed by atoms with Gasteiger partial charge in [-0.15, -0.1) is 11.8 Å². The van der Waals surface area contributed by atoms with E-state index < -0.39 is 12.1 Å². The highest BCUT2D eigenvalue weighted by atomic mass is 32.2. The number of benzene rings is 1. The predicted octanol–water partition coefficient (Wildman–Crippen LogP) is 1.49. The van der Waals surface area contributed by atoms with E-state index in [1.807, 2.05) is 6.26 Å². The van der Waals surface area contributed by atoms with Crippen molar-refractivity contribution in [3.8, 4) is 5.75 Å². The van der Waals surface area contributed by atoms with Gasteiger partial charge in [-0.25, -0.2) is 0 Å². The van der Waals surface area contributed by atoms with Crippen molar-refractivity contribution in [3.63, 3.8) is 0 Å². The van der Waals surface area contributed by atoms with Gasteiger partial charge in [-0.05, 0) is 31.4 Å². The van der Waals surface area contributed by atoms with Gasteiger partial charge in [0.15, 0.2) is 0 Å². The Morgan fingerprint density at radius 2 is 2.07 bits per heavy atom. The quantitative estimate of drug-likeness (QED) is 0.666. The first kappa shape index (κ1) is 11.4. The van der Waals surface area contributed by atoms with E-state index in [1.165, 1.54) is 0 Å². The molecule has 2 unspecified atom stereocenters. The fourth-order valence-electron chi connectivity index (χ4n) is 1.18. The zero-order valence-electron chi connectivity index (χ0n) is 8.27. The van der Waals surface area contributed by atoms with Gasteiger partial charge in [0.2, 0.25) is 0 Å². The summed E-state index contributed by atoms with van der Waals surface area (Å²) in [6, 6.07) is 4.75. The lowest BCUT2D eigenvalue weighted by atomic mass is 10.0. The van der Waals surface area contributed by atoms with Gasteiger partial charge in [-0.2, -0.15) is 0 Å². The van der Waals surface area contributed by atoms with Crippen molar-refractivity contribution in [2.24, 2.45) is 5.73 Å². The Bertz CT molecular complexity index is 315. The van der Waals surface area contributed by atoms with Gasteiger partial charge >= 0.3 is 0 Å². The zero-order chi connectivity index (χ0) is 10.7. The van der Waals surface area contributed by atoms with E-state index in [1.54, 1.807) is 36.9 Å². The van der Waals surface area contributed by atoms with Crippen LogP contribution in [0.25, 0.3) is 0 Å². The summed E-state index contributed by atoms with van der Waals surface area (Å²) in [7, 11) is 0. The normalized spacial score (nSPS) is 15.1. The van der Waals surface area contributed by atoms with Crippen LogP contribution in [0, 0.1) is 0 Å². The standard InChI is InChI=1S/C10H15NO2S/c1-6(11)10(13)8-5-7(14-2)3-4-9(8)12/h3-6,10,12-13H,11H2,1-2H3. The van der Waals surface area contributed by atoms with Gasteiger partial charge in [0.05, 0.1) is 6.10 Å². The van der Waals surface area contributed by atoms with E-state index >= 15 is 0 Å². The highest BCUT2D eigenvalue weighted by molar-refractivity contribution is 7.98. The maximum Gasteiger partial charge on any atom is 0.121 e. The van der Waals surface area contributed by atoms with Gasteiger partial charge in [0, 0.05) is 16.5 Å². The highest BCUT2D eigenvalue weighted by Crippen LogP contribution is 2.29. The summed E-state index contributed by atoms with van der Waals surface area (Å²) in [5.41, 5.74) is 6.05. The number of thioether (sulfide) groups is 1. The first-order valence-corrected chi connectivity index (χ1v) is 5.59. The molecule has 1 rings (SSSR count). The first-order valence-electron chi connectivity index (χ1n) is 4.36. The molecule has 4 heteroatoms. The van der Waals surface area contributed by atoms with E-state index in [0.717, 1.165) is 4.90 Å². The molecule has 4 N–H and O–H groups in total. The summed E-state index contributed by atoms with van der Waals surface area (Å²) in [6.45, 7) is 1.70. The van der Waals surface area contributed by atoms with E-state index in [-0.39, 0.29) is 5.75 Å². The first-order chi connectivity index (χ1) is 6.56. The SMILES string of the molecule is CSc1ccc(O)c(C(O)C(C)N)c1. The summed E-state index contributed by atoms with van der Waals surface area (Å²) < 4.78 is 0. The van der Waals surface area contributed by atoms with Crippen LogP contribution in [0.5, 0.6) is 5.75 Å². The van der Waals surface area contributed by atoms with Crippen LogP contribution in [0.2, 0.25) is 0 Å². The van der Waals surface area contributed by atoms with Gasteiger partial charge in [-0.3, -0.25) is 0 Å². The molecule has 2 atom stereocenters. The molecule has 0 radical (unpaired) electrons. The molecule has 0 saturated heterocycles. The average Bonchev–Trinajstić information content (AvgIpc) is 2.17. The van der Waals surface area contributed by atoms with Gasteiger partial charge in [0.25, 0.3) is 0 Å². The monoisotopic (exact) mass is 213 g/mol. The van der Waals surface area contributed by atoms with E-state index in [4.69, 9.17) is 5.73 Å². The van der Waals surface area contributed by atoms with Crippen LogP contribution in [-0.2, 0) is 0 Å². The van der Waals surface area contributed by atoms with Crippen molar-refractivity contribution in [3.05, 3.63) is 23.8 Å². The maximum atomic E-state index is 9.70. The summed E-state index contributed by atoms with van der Waals surface area (Å²) in [4.78, 5) is 0.998. The largest absolute Gasteiger partial charge is 0.508 e. The number of nitrogens with two attached hydrogens (primary N) is 1. The molecule has 0 saturated carbocycles. The number of phenols is 1. The minimum atomic E-state index is -0.818. The van der Waals surface area contributed by atoms with Gasteiger partial charge in [0.1, 0.15) is 5.75 Å². The molecule has 1 aromatic rings. The molecule has 0 spiro atoms. The molecule has 0 aliphatic rings. The van der Waals surface area contributed by atoms with Crippen LogP contribution in [0.4, 0.5) is 0 Å². The smallest absolute Gasteiger partial charge is 0.121 e. The Morgan fingerprint density at radius 3 is 2.57 bits per heavy atom. The number of aliphatic hydroxyl groups is 1. The van der Waals surface area contributed by atoms with Crippen LogP contribution in [0.15, 0.2) is 23.1 Å². The Labute approximate surface area is 87.9 Å². The van der Waals surface area contributed by atoms with Gasteiger partial charge in [-0.1, -0.05) is 0 Å². The van der Waals surface area contributed by atoms with Crippen molar-refractivity contribution < 1.29 is 10.2 Å². The van der Waals surface area contributed by atoms with Gasteiger partial charge < -0.3 is 15.9 Å². The molecule has 78 valence electrons. The number of hydrogen-bond acceptors (Lipinski definition) is 4. The maximum absolute atomic E-state index is 9.70. The molecule has 0 amide bonds. The molecule has 1 aromatic carbocycles. The number of hydrogen-bond donors (Lipinski definition) is 3. The molecule has 14 heavy (non-hydrogen) atoms. The van der Waals surface area contributed by atoms with E-state index in [9.17, 15) is 10.2 Å². The lowest BCUT2D eigenvalue weighted by Crippen LogP contribution is -2.24. The van der Waals surface area contributed by atoms with Crippen LogP contribution in [-0.4, -0.2) is 22.5 Å². The number of phenolic OH excluding ortho intramolecular Hbond substituents is 1. The Balaban J connectivity index is 3.05. The highest BCUT2D eigenvalue weighted by Gasteiger charge is 2.16. The van der Waals surface area contributed by atoms with E-state index in [0.29, 0.717) is 5.56 Å². The van der Waals surface area contributed by atoms with Crippen LogP contribution < -0.4 is 5.73 Å². The molecule has 0 bridgehead atoms. The Morgan fingerprint density at radius 1 is 1.43 bits per heavy atom. The fourth-order valence-corrected chi connectivity index (χ4v) is 1.63. The molecule has 3 nitrogen and oxygen atoms in total. The third-order valence-corrected chi connectivity index (χ3v) is 2.78. The molecule has 0 heterocycles. The predicted molar refractivity (Wildman–Crippen MR) is 58.5 cm³/mol.